The molecular formula is C19H24ClN3O2. The van der Waals surface area contributed by atoms with Gasteiger partial charge in [-0.05, 0) is 43.7 Å². The summed E-state index contributed by atoms with van der Waals surface area (Å²) in [5.41, 5.74) is 2.65. The number of nitrogens with zero attached hydrogens (tertiary/aromatic N) is 2. The van der Waals surface area contributed by atoms with E-state index < -0.39 is 0 Å². The van der Waals surface area contributed by atoms with Crippen LogP contribution in [0.5, 0.6) is 5.75 Å². The zero-order valence-electron chi connectivity index (χ0n) is 14.6. The van der Waals surface area contributed by atoms with Crippen molar-refractivity contribution in [2.45, 2.75) is 26.5 Å². The normalized spacial score (nSPS) is 16.9. The molecule has 2 aromatic rings. The van der Waals surface area contributed by atoms with Gasteiger partial charge in [-0.15, -0.1) is 12.4 Å². The number of piperazine rings is 1. The van der Waals surface area contributed by atoms with Crippen LogP contribution < -0.4 is 10.1 Å². The fraction of sp³-hybridized carbons (Fsp3) is 0.368. The standard InChI is InChI=1S/C19H23N3O2.ClH/c1-14-6-7-18(11-21-14)24-13-16-4-3-5-17(10-16)19(23)22-9-8-20-15(2)12-22;/h3-7,10-11,15,20H,8-9,12-13H2,1-2H3;1H. The number of carbonyl (C=O) groups excluding carboxylic acids is 1. The van der Waals surface area contributed by atoms with E-state index in [4.69, 9.17) is 4.74 Å². The molecule has 1 atom stereocenters. The van der Waals surface area contributed by atoms with E-state index >= 15 is 0 Å². The summed E-state index contributed by atoms with van der Waals surface area (Å²) in [5.74, 6) is 0.815. The summed E-state index contributed by atoms with van der Waals surface area (Å²) in [6, 6.07) is 11.8. The SMILES string of the molecule is Cc1ccc(OCc2cccc(C(=O)N3CCNC(C)C3)c2)cn1.Cl. The van der Waals surface area contributed by atoms with Crippen molar-refractivity contribution < 1.29 is 9.53 Å². The summed E-state index contributed by atoms with van der Waals surface area (Å²) in [7, 11) is 0. The van der Waals surface area contributed by atoms with E-state index in [0.29, 0.717) is 18.2 Å². The van der Waals surface area contributed by atoms with Crippen LogP contribution in [0.4, 0.5) is 0 Å². The van der Waals surface area contributed by atoms with Crippen LogP contribution in [-0.4, -0.2) is 41.5 Å². The quantitative estimate of drug-likeness (QED) is 0.909. The molecule has 3 rings (SSSR count). The van der Waals surface area contributed by atoms with Gasteiger partial charge in [0.15, 0.2) is 0 Å². The van der Waals surface area contributed by atoms with Gasteiger partial charge in [0, 0.05) is 36.9 Å². The summed E-state index contributed by atoms with van der Waals surface area (Å²) in [6.45, 7) is 6.79. The number of aromatic nitrogens is 1. The molecule has 0 aliphatic carbocycles. The summed E-state index contributed by atoms with van der Waals surface area (Å²) < 4.78 is 5.75. The Balaban J connectivity index is 0.00000225. The third kappa shape index (κ3) is 5.18. The number of amides is 1. The highest BCUT2D eigenvalue weighted by atomic mass is 35.5. The molecule has 1 aromatic carbocycles. The third-order valence-electron chi connectivity index (χ3n) is 4.12. The minimum atomic E-state index is 0. The first-order valence-electron chi connectivity index (χ1n) is 8.29. The topological polar surface area (TPSA) is 54.5 Å². The summed E-state index contributed by atoms with van der Waals surface area (Å²) in [6.07, 6.45) is 1.71. The van der Waals surface area contributed by atoms with Gasteiger partial charge in [0.25, 0.3) is 5.91 Å². The van der Waals surface area contributed by atoms with Gasteiger partial charge in [-0.1, -0.05) is 12.1 Å². The highest BCUT2D eigenvalue weighted by molar-refractivity contribution is 5.94. The molecule has 0 saturated carbocycles. The molecule has 2 heterocycles. The molecule has 1 aliphatic rings. The molecule has 0 radical (unpaired) electrons. The Morgan fingerprint density at radius 2 is 2.20 bits per heavy atom. The lowest BCUT2D eigenvalue weighted by Gasteiger charge is -2.32. The van der Waals surface area contributed by atoms with Crippen molar-refractivity contribution in [3.05, 3.63) is 59.4 Å². The average Bonchev–Trinajstić information content (AvgIpc) is 2.61. The lowest BCUT2D eigenvalue weighted by Crippen LogP contribution is -2.51. The number of carbonyl (C=O) groups is 1. The van der Waals surface area contributed by atoms with E-state index in [2.05, 4.69) is 17.2 Å². The predicted molar refractivity (Wildman–Crippen MR) is 100 cm³/mol. The van der Waals surface area contributed by atoms with E-state index in [0.717, 1.165) is 36.6 Å². The second kappa shape index (κ2) is 8.83. The Morgan fingerprint density at radius 3 is 2.92 bits per heavy atom. The van der Waals surface area contributed by atoms with Gasteiger partial charge in [0.1, 0.15) is 12.4 Å². The fourth-order valence-electron chi connectivity index (χ4n) is 2.80. The van der Waals surface area contributed by atoms with Crippen molar-refractivity contribution in [2.75, 3.05) is 19.6 Å². The fourth-order valence-corrected chi connectivity index (χ4v) is 2.80. The monoisotopic (exact) mass is 361 g/mol. The number of rotatable bonds is 4. The minimum Gasteiger partial charge on any atom is -0.487 e. The molecule has 1 saturated heterocycles. The van der Waals surface area contributed by atoms with E-state index in [1.54, 1.807) is 6.20 Å². The molecule has 0 bridgehead atoms. The number of nitrogens with one attached hydrogen (secondary N) is 1. The third-order valence-corrected chi connectivity index (χ3v) is 4.12. The van der Waals surface area contributed by atoms with Gasteiger partial charge in [-0.25, -0.2) is 0 Å². The number of aryl methyl sites for hydroxylation is 1. The highest BCUT2D eigenvalue weighted by Gasteiger charge is 2.21. The first-order chi connectivity index (χ1) is 11.6. The van der Waals surface area contributed by atoms with E-state index in [1.807, 2.05) is 48.2 Å². The van der Waals surface area contributed by atoms with Gasteiger partial charge in [-0.2, -0.15) is 0 Å². The Labute approximate surface area is 154 Å². The minimum absolute atomic E-state index is 0. The maximum absolute atomic E-state index is 12.7. The Morgan fingerprint density at radius 1 is 1.36 bits per heavy atom. The van der Waals surface area contributed by atoms with Crippen molar-refractivity contribution in [2.24, 2.45) is 0 Å². The second-order valence-electron chi connectivity index (χ2n) is 6.23. The number of halogens is 1. The molecule has 1 aliphatic heterocycles. The van der Waals surface area contributed by atoms with Gasteiger partial charge < -0.3 is 15.0 Å². The molecule has 1 unspecified atom stereocenters. The first kappa shape index (κ1) is 19.2. The average molecular weight is 362 g/mol. The maximum atomic E-state index is 12.7. The first-order valence-corrected chi connectivity index (χ1v) is 8.29. The summed E-state index contributed by atoms with van der Waals surface area (Å²) in [4.78, 5) is 18.8. The van der Waals surface area contributed by atoms with Crippen LogP contribution in [0, 0.1) is 6.92 Å². The van der Waals surface area contributed by atoms with Crippen molar-refractivity contribution in [1.29, 1.82) is 0 Å². The summed E-state index contributed by atoms with van der Waals surface area (Å²) >= 11 is 0. The van der Waals surface area contributed by atoms with Crippen LogP contribution in [0.3, 0.4) is 0 Å². The molecule has 1 fully saturated rings. The van der Waals surface area contributed by atoms with Crippen molar-refractivity contribution in [3.8, 4) is 5.75 Å². The van der Waals surface area contributed by atoms with Gasteiger partial charge >= 0.3 is 0 Å². The zero-order chi connectivity index (χ0) is 16.9. The Bertz CT molecular complexity index is 706. The number of hydrogen-bond acceptors (Lipinski definition) is 4. The Hall–Kier alpha value is -2.11. The van der Waals surface area contributed by atoms with E-state index in [1.165, 1.54) is 0 Å². The molecule has 134 valence electrons. The van der Waals surface area contributed by atoms with Crippen LogP contribution in [0.25, 0.3) is 0 Å². The molecule has 25 heavy (non-hydrogen) atoms. The molecule has 1 amide bonds. The van der Waals surface area contributed by atoms with Gasteiger partial charge in [0.05, 0.1) is 6.20 Å². The maximum Gasteiger partial charge on any atom is 0.253 e. The number of pyridine rings is 1. The van der Waals surface area contributed by atoms with E-state index in [9.17, 15) is 4.79 Å². The molecule has 1 N–H and O–H groups in total. The number of benzene rings is 1. The van der Waals surface area contributed by atoms with Crippen LogP contribution in [0.2, 0.25) is 0 Å². The van der Waals surface area contributed by atoms with Crippen LogP contribution in [0.15, 0.2) is 42.6 Å². The van der Waals surface area contributed by atoms with Crippen LogP contribution >= 0.6 is 12.4 Å². The summed E-state index contributed by atoms with van der Waals surface area (Å²) in [5, 5.41) is 3.35. The lowest BCUT2D eigenvalue weighted by molar-refractivity contribution is 0.0709. The molecule has 0 spiro atoms. The smallest absolute Gasteiger partial charge is 0.253 e. The van der Waals surface area contributed by atoms with E-state index in [-0.39, 0.29) is 18.3 Å². The lowest BCUT2D eigenvalue weighted by atomic mass is 10.1. The molecule has 5 nitrogen and oxygen atoms in total. The highest BCUT2D eigenvalue weighted by Crippen LogP contribution is 2.14. The number of hydrogen-bond donors (Lipinski definition) is 1. The van der Waals surface area contributed by atoms with Gasteiger partial charge in [-0.3, -0.25) is 9.78 Å². The Kier molecular flexibility index (Phi) is 6.79. The second-order valence-corrected chi connectivity index (χ2v) is 6.23. The van der Waals surface area contributed by atoms with Gasteiger partial charge in [0.2, 0.25) is 0 Å². The molecular weight excluding hydrogens is 338 g/mol. The van der Waals surface area contributed by atoms with Crippen LogP contribution in [0.1, 0.15) is 28.5 Å². The van der Waals surface area contributed by atoms with Crippen molar-refractivity contribution in [1.82, 2.24) is 15.2 Å². The van der Waals surface area contributed by atoms with Crippen molar-refractivity contribution in [3.63, 3.8) is 0 Å². The molecule has 6 heteroatoms. The van der Waals surface area contributed by atoms with Crippen LogP contribution in [-0.2, 0) is 6.61 Å². The predicted octanol–water partition coefficient (Wildman–Crippen LogP) is 2.82. The molecule has 1 aromatic heterocycles. The largest absolute Gasteiger partial charge is 0.487 e. The van der Waals surface area contributed by atoms with Crippen molar-refractivity contribution >= 4 is 18.3 Å². The zero-order valence-corrected chi connectivity index (χ0v) is 15.4. The number of ether oxygens (including phenoxy) is 1.